The van der Waals surface area contributed by atoms with Crippen molar-refractivity contribution in [3.63, 3.8) is 0 Å². The van der Waals surface area contributed by atoms with Gasteiger partial charge in [0.25, 0.3) is 0 Å². The third-order valence-corrected chi connectivity index (χ3v) is 2.80. The SMILES string of the molecule is CCCCCCCCCCC(O)=CCC(=O)O. The lowest BCUT2D eigenvalue weighted by atomic mass is 10.1. The highest BCUT2D eigenvalue weighted by Gasteiger charge is 1.97. The van der Waals surface area contributed by atoms with Crippen molar-refractivity contribution in [1.82, 2.24) is 0 Å². The maximum absolute atomic E-state index is 10.2. The van der Waals surface area contributed by atoms with E-state index in [0.29, 0.717) is 6.42 Å². The molecular weight excluding hydrogens is 216 g/mol. The van der Waals surface area contributed by atoms with Gasteiger partial charge in [0.1, 0.15) is 0 Å². The fourth-order valence-electron chi connectivity index (χ4n) is 1.75. The number of carboxylic acids is 1. The molecule has 0 rings (SSSR count). The van der Waals surface area contributed by atoms with Gasteiger partial charge in [-0.2, -0.15) is 0 Å². The third-order valence-electron chi connectivity index (χ3n) is 2.80. The molecule has 0 bridgehead atoms. The van der Waals surface area contributed by atoms with Gasteiger partial charge in [-0.15, -0.1) is 0 Å². The molecule has 0 spiro atoms. The molecule has 0 aliphatic heterocycles. The smallest absolute Gasteiger partial charge is 0.307 e. The van der Waals surface area contributed by atoms with Crippen LogP contribution in [-0.2, 0) is 4.79 Å². The van der Waals surface area contributed by atoms with Gasteiger partial charge in [-0.3, -0.25) is 4.79 Å². The molecule has 0 atom stereocenters. The molecule has 0 aromatic rings. The molecule has 0 aliphatic carbocycles. The second kappa shape index (κ2) is 11.5. The minimum absolute atomic E-state index is 0.0805. The van der Waals surface area contributed by atoms with E-state index in [2.05, 4.69) is 6.92 Å². The summed E-state index contributed by atoms with van der Waals surface area (Å²) in [6.45, 7) is 2.21. The lowest BCUT2D eigenvalue weighted by Gasteiger charge is -2.01. The first-order valence-electron chi connectivity index (χ1n) is 6.76. The van der Waals surface area contributed by atoms with Gasteiger partial charge in [-0.05, 0) is 12.5 Å². The van der Waals surface area contributed by atoms with Crippen molar-refractivity contribution in [3.8, 4) is 0 Å². The third kappa shape index (κ3) is 12.9. The maximum atomic E-state index is 10.2. The Balaban J connectivity index is 3.27. The Kier molecular flexibility index (Phi) is 10.8. The van der Waals surface area contributed by atoms with Crippen LogP contribution in [0.3, 0.4) is 0 Å². The van der Waals surface area contributed by atoms with Gasteiger partial charge in [0.15, 0.2) is 0 Å². The van der Waals surface area contributed by atoms with Crippen LogP contribution in [0.1, 0.15) is 71.1 Å². The number of unbranched alkanes of at least 4 members (excludes halogenated alkanes) is 7. The van der Waals surface area contributed by atoms with E-state index in [1.54, 1.807) is 0 Å². The van der Waals surface area contributed by atoms with Gasteiger partial charge in [0.05, 0.1) is 12.2 Å². The van der Waals surface area contributed by atoms with Gasteiger partial charge in [-0.1, -0.05) is 51.9 Å². The summed E-state index contributed by atoms with van der Waals surface area (Å²) in [7, 11) is 0. The number of hydrogen-bond donors (Lipinski definition) is 2. The summed E-state index contributed by atoms with van der Waals surface area (Å²) in [5, 5.41) is 17.8. The monoisotopic (exact) mass is 242 g/mol. The zero-order valence-corrected chi connectivity index (χ0v) is 11.0. The molecule has 0 unspecified atom stereocenters. The van der Waals surface area contributed by atoms with Crippen molar-refractivity contribution in [2.45, 2.75) is 71.1 Å². The molecule has 0 aliphatic rings. The molecule has 3 nitrogen and oxygen atoms in total. The zero-order valence-electron chi connectivity index (χ0n) is 11.0. The quantitative estimate of drug-likeness (QED) is 0.416. The average molecular weight is 242 g/mol. The summed E-state index contributed by atoms with van der Waals surface area (Å²) in [5.41, 5.74) is 0. The van der Waals surface area contributed by atoms with Crippen molar-refractivity contribution in [1.29, 1.82) is 0 Å². The molecule has 0 radical (unpaired) electrons. The van der Waals surface area contributed by atoms with Crippen molar-refractivity contribution >= 4 is 5.97 Å². The lowest BCUT2D eigenvalue weighted by Crippen LogP contribution is -1.92. The molecule has 0 saturated carbocycles. The van der Waals surface area contributed by atoms with Crippen LogP contribution in [0.5, 0.6) is 0 Å². The van der Waals surface area contributed by atoms with E-state index in [1.165, 1.54) is 44.6 Å². The highest BCUT2D eigenvalue weighted by molar-refractivity contribution is 5.68. The molecule has 0 aromatic carbocycles. The van der Waals surface area contributed by atoms with Gasteiger partial charge < -0.3 is 10.2 Å². The van der Waals surface area contributed by atoms with Gasteiger partial charge in [0, 0.05) is 6.42 Å². The molecular formula is C14H26O3. The largest absolute Gasteiger partial charge is 0.513 e. The number of allylic oxidation sites excluding steroid dienone is 1. The fraction of sp³-hybridized carbons (Fsp3) is 0.786. The summed E-state index contributed by atoms with van der Waals surface area (Å²) in [4.78, 5) is 10.2. The Morgan fingerprint density at radius 1 is 0.941 bits per heavy atom. The second-order valence-corrected chi connectivity index (χ2v) is 4.52. The van der Waals surface area contributed by atoms with E-state index >= 15 is 0 Å². The van der Waals surface area contributed by atoms with Crippen LogP contribution >= 0.6 is 0 Å². The van der Waals surface area contributed by atoms with Crippen molar-refractivity contribution in [2.24, 2.45) is 0 Å². The maximum Gasteiger partial charge on any atom is 0.307 e. The normalized spacial score (nSPS) is 11.7. The standard InChI is InChI=1S/C14H26O3/c1-2-3-4-5-6-7-8-9-10-13(15)11-12-14(16)17/h11,15H,2-10,12H2,1H3,(H,16,17). The summed E-state index contributed by atoms with van der Waals surface area (Å²) >= 11 is 0. The Hall–Kier alpha value is -0.990. The number of rotatable bonds is 11. The van der Waals surface area contributed by atoms with Crippen LogP contribution in [0.4, 0.5) is 0 Å². The first kappa shape index (κ1) is 16.0. The minimum Gasteiger partial charge on any atom is -0.513 e. The van der Waals surface area contributed by atoms with Gasteiger partial charge >= 0.3 is 5.97 Å². The first-order chi connectivity index (χ1) is 8.16. The van der Waals surface area contributed by atoms with Crippen LogP contribution in [0, 0.1) is 0 Å². The second-order valence-electron chi connectivity index (χ2n) is 4.52. The molecule has 2 N–H and O–H groups in total. The van der Waals surface area contributed by atoms with E-state index < -0.39 is 5.97 Å². The average Bonchev–Trinajstić information content (AvgIpc) is 2.30. The number of aliphatic hydroxyl groups is 1. The van der Waals surface area contributed by atoms with Gasteiger partial charge in [0.2, 0.25) is 0 Å². The first-order valence-corrected chi connectivity index (χ1v) is 6.76. The van der Waals surface area contributed by atoms with Crippen LogP contribution < -0.4 is 0 Å². The summed E-state index contributed by atoms with van der Waals surface area (Å²) in [6.07, 6.45) is 11.8. The zero-order chi connectivity index (χ0) is 12.9. The van der Waals surface area contributed by atoms with Crippen LogP contribution in [0.2, 0.25) is 0 Å². The van der Waals surface area contributed by atoms with Crippen LogP contribution in [-0.4, -0.2) is 16.2 Å². The van der Waals surface area contributed by atoms with Crippen LogP contribution in [0.15, 0.2) is 11.8 Å². The molecule has 17 heavy (non-hydrogen) atoms. The summed E-state index contributed by atoms with van der Waals surface area (Å²) < 4.78 is 0. The Morgan fingerprint density at radius 2 is 1.47 bits per heavy atom. The summed E-state index contributed by atoms with van der Waals surface area (Å²) in [5.74, 6) is -0.675. The Bertz CT molecular complexity index is 222. The van der Waals surface area contributed by atoms with E-state index in [9.17, 15) is 9.90 Å². The Labute approximate surface area is 105 Å². The number of carboxylic acid groups (broad SMARTS) is 1. The highest BCUT2D eigenvalue weighted by atomic mass is 16.4. The van der Waals surface area contributed by atoms with Crippen LogP contribution in [0.25, 0.3) is 0 Å². The summed E-state index contributed by atoms with van der Waals surface area (Å²) in [6, 6.07) is 0. The molecule has 0 aromatic heterocycles. The van der Waals surface area contributed by atoms with E-state index in [1.807, 2.05) is 0 Å². The molecule has 0 saturated heterocycles. The predicted octanol–water partition coefficient (Wildman–Crippen LogP) is 4.43. The van der Waals surface area contributed by atoms with Crippen molar-refractivity contribution < 1.29 is 15.0 Å². The minimum atomic E-state index is -0.896. The number of carbonyl (C=O) groups is 1. The highest BCUT2D eigenvalue weighted by Crippen LogP contribution is 2.11. The van der Waals surface area contributed by atoms with Crippen molar-refractivity contribution in [2.75, 3.05) is 0 Å². The number of aliphatic carboxylic acids is 1. The predicted molar refractivity (Wildman–Crippen MR) is 70.2 cm³/mol. The topological polar surface area (TPSA) is 57.5 Å². The lowest BCUT2D eigenvalue weighted by molar-refractivity contribution is -0.136. The molecule has 0 amide bonds. The van der Waals surface area contributed by atoms with Crippen molar-refractivity contribution in [3.05, 3.63) is 11.8 Å². The van der Waals surface area contributed by atoms with E-state index in [4.69, 9.17) is 5.11 Å². The number of hydrogen-bond acceptors (Lipinski definition) is 2. The molecule has 100 valence electrons. The fourth-order valence-corrected chi connectivity index (χ4v) is 1.75. The van der Waals surface area contributed by atoms with E-state index in [0.717, 1.165) is 12.8 Å². The van der Waals surface area contributed by atoms with Gasteiger partial charge in [-0.25, -0.2) is 0 Å². The number of aliphatic hydroxyl groups excluding tert-OH is 1. The molecule has 3 heteroatoms. The molecule has 0 heterocycles. The molecule has 0 fully saturated rings. The van der Waals surface area contributed by atoms with E-state index in [-0.39, 0.29) is 12.2 Å². The Morgan fingerprint density at radius 3 is 2.00 bits per heavy atom.